The number of benzene rings is 1. The van der Waals surface area contributed by atoms with E-state index < -0.39 is 0 Å². The Morgan fingerprint density at radius 1 is 1.00 bits per heavy atom. The zero-order valence-electron chi connectivity index (χ0n) is 13.7. The van der Waals surface area contributed by atoms with Crippen LogP contribution in [0.25, 0.3) is 0 Å². The van der Waals surface area contributed by atoms with Crippen LogP contribution >= 0.6 is 23.2 Å². The summed E-state index contributed by atoms with van der Waals surface area (Å²) in [7, 11) is 4.19. The highest BCUT2D eigenvalue weighted by molar-refractivity contribution is 6.35. The summed E-state index contributed by atoms with van der Waals surface area (Å²) in [4.78, 5) is 9.01. The van der Waals surface area contributed by atoms with Gasteiger partial charge in [0, 0.05) is 35.9 Å². The molecule has 0 spiro atoms. The van der Waals surface area contributed by atoms with Gasteiger partial charge in [-0.3, -0.25) is 9.88 Å². The molecule has 1 aromatic carbocycles. The van der Waals surface area contributed by atoms with Crippen LogP contribution in [0, 0.1) is 0 Å². The molecule has 0 saturated heterocycles. The fraction of sp³-hybridized carbons (Fsp3) is 0.389. The van der Waals surface area contributed by atoms with Gasteiger partial charge in [0.25, 0.3) is 0 Å². The maximum atomic E-state index is 6.33. The Labute approximate surface area is 148 Å². The minimum Gasteiger partial charge on any atom is -0.309 e. The summed E-state index contributed by atoms with van der Waals surface area (Å²) in [5, 5.41) is 1.39. The Kier molecular flexibility index (Phi) is 7.31. The molecule has 0 aliphatic heterocycles. The van der Waals surface area contributed by atoms with E-state index in [0.717, 1.165) is 48.9 Å². The number of aromatic nitrogens is 1. The highest BCUT2D eigenvalue weighted by Gasteiger charge is 2.11. The van der Waals surface area contributed by atoms with Gasteiger partial charge < -0.3 is 4.90 Å². The molecule has 124 valence electrons. The topological polar surface area (TPSA) is 19.4 Å². The fourth-order valence-corrected chi connectivity index (χ4v) is 2.90. The van der Waals surface area contributed by atoms with Gasteiger partial charge in [-0.25, -0.2) is 0 Å². The smallest absolute Gasteiger partial charge is 0.0544 e. The molecule has 23 heavy (non-hydrogen) atoms. The van der Waals surface area contributed by atoms with E-state index in [-0.39, 0.29) is 0 Å². The van der Waals surface area contributed by atoms with E-state index in [2.05, 4.69) is 34.9 Å². The average molecular weight is 352 g/mol. The van der Waals surface area contributed by atoms with Crippen LogP contribution in [0.5, 0.6) is 0 Å². The van der Waals surface area contributed by atoms with Gasteiger partial charge in [-0.1, -0.05) is 35.3 Å². The Morgan fingerprint density at radius 2 is 1.83 bits per heavy atom. The number of hydrogen-bond acceptors (Lipinski definition) is 3. The first kappa shape index (κ1) is 18.2. The third-order valence-electron chi connectivity index (χ3n) is 3.60. The zero-order valence-corrected chi connectivity index (χ0v) is 15.2. The van der Waals surface area contributed by atoms with Gasteiger partial charge in [0.05, 0.1) is 5.69 Å². The Bertz CT molecular complexity index is 602. The van der Waals surface area contributed by atoms with Crippen LogP contribution in [0.2, 0.25) is 10.0 Å². The first-order valence-electron chi connectivity index (χ1n) is 7.75. The second kappa shape index (κ2) is 9.24. The van der Waals surface area contributed by atoms with E-state index in [1.54, 1.807) is 6.07 Å². The molecule has 1 heterocycles. The van der Waals surface area contributed by atoms with Crippen LogP contribution in [0.1, 0.15) is 17.7 Å². The van der Waals surface area contributed by atoms with Crippen LogP contribution in [0.3, 0.4) is 0 Å². The molecular weight excluding hydrogens is 329 g/mol. The molecule has 0 aliphatic rings. The largest absolute Gasteiger partial charge is 0.309 e. The Balaban J connectivity index is 2.05. The number of hydrogen-bond donors (Lipinski definition) is 0. The van der Waals surface area contributed by atoms with Crippen molar-refractivity contribution in [3.05, 3.63) is 63.9 Å². The molecule has 0 aliphatic carbocycles. The van der Waals surface area contributed by atoms with Crippen LogP contribution in [-0.2, 0) is 13.1 Å². The van der Waals surface area contributed by atoms with Gasteiger partial charge in [0.15, 0.2) is 0 Å². The van der Waals surface area contributed by atoms with E-state index in [1.807, 2.05) is 30.5 Å². The first-order chi connectivity index (χ1) is 11.0. The molecule has 0 amide bonds. The normalized spacial score (nSPS) is 11.4. The predicted molar refractivity (Wildman–Crippen MR) is 98.0 cm³/mol. The van der Waals surface area contributed by atoms with Gasteiger partial charge in [-0.15, -0.1) is 0 Å². The predicted octanol–water partition coefficient (Wildman–Crippen LogP) is 4.34. The molecule has 0 bridgehead atoms. The molecule has 0 radical (unpaired) electrons. The monoisotopic (exact) mass is 351 g/mol. The number of halogens is 2. The van der Waals surface area contributed by atoms with Crippen LogP contribution in [-0.4, -0.2) is 42.0 Å². The summed E-state index contributed by atoms with van der Waals surface area (Å²) in [6, 6.07) is 11.7. The van der Waals surface area contributed by atoms with Crippen molar-refractivity contribution < 1.29 is 0 Å². The molecule has 0 unspecified atom stereocenters. The maximum absolute atomic E-state index is 6.33. The standard InChI is InChI=1S/C18H23Cl2N3/c1-22(2)10-5-11-23(14-17-6-3-4-9-21-17)13-15-7-8-16(19)12-18(15)20/h3-4,6-9,12H,5,10-11,13-14H2,1-2H3. The van der Waals surface area contributed by atoms with Crippen molar-refractivity contribution >= 4 is 23.2 Å². The lowest BCUT2D eigenvalue weighted by atomic mass is 10.2. The summed E-state index contributed by atoms with van der Waals surface area (Å²) >= 11 is 12.3. The highest BCUT2D eigenvalue weighted by Crippen LogP contribution is 2.23. The van der Waals surface area contributed by atoms with Gasteiger partial charge in [0.2, 0.25) is 0 Å². The fourth-order valence-electron chi connectivity index (χ4n) is 2.44. The summed E-state index contributed by atoms with van der Waals surface area (Å²) in [6.45, 7) is 3.66. The minimum absolute atomic E-state index is 0.669. The van der Waals surface area contributed by atoms with Crippen molar-refractivity contribution in [2.24, 2.45) is 0 Å². The average Bonchev–Trinajstić information content (AvgIpc) is 2.50. The lowest BCUT2D eigenvalue weighted by molar-refractivity contribution is 0.237. The molecule has 3 nitrogen and oxygen atoms in total. The third kappa shape index (κ3) is 6.48. The van der Waals surface area contributed by atoms with Gasteiger partial charge in [0.1, 0.15) is 0 Å². The van der Waals surface area contributed by atoms with Crippen LogP contribution in [0.15, 0.2) is 42.6 Å². The SMILES string of the molecule is CN(C)CCCN(Cc1ccccn1)Cc1ccc(Cl)cc1Cl. The van der Waals surface area contributed by atoms with Gasteiger partial charge in [-0.05, 0) is 56.9 Å². The number of rotatable bonds is 8. The number of nitrogens with zero attached hydrogens (tertiary/aromatic N) is 3. The van der Waals surface area contributed by atoms with E-state index in [0.29, 0.717) is 5.02 Å². The second-order valence-corrected chi connectivity index (χ2v) is 6.77. The van der Waals surface area contributed by atoms with Crippen LogP contribution < -0.4 is 0 Å². The van der Waals surface area contributed by atoms with Gasteiger partial charge in [-0.2, -0.15) is 0 Å². The first-order valence-corrected chi connectivity index (χ1v) is 8.51. The molecular formula is C18H23Cl2N3. The Morgan fingerprint density at radius 3 is 2.48 bits per heavy atom. The molecule has 2 rings (SSSR count). The molecule has 5 heteroatoms. The minimum atomic E-state index is 0.669. The van der Waals surface area contributed by atoms with Crippen molar-refractivity contribution in [2.75, 3.05) is 27.2 Å². The Hall–Kier alpha value is -1.13. The second-order valence-electron chi connectivity index (χ2n) is 5.92. The molecule has 2 aromatic rings. The van der Waals surface area contributed by atoms with Crippen molar-refractivity contribution in [1.29, 1.82) is 0 Å². The van der Waals surface area contributed by atoms with E-state index in [1.165, 1.54) is 0 Å². The van der Waals surface area contributed by atoms with Crippen LogP contribution in [0.4, 0.5) is 0 Å². The third-order valence-corrected chi connectivity index (χ3v) is 4.19. The zero-order chi connectivity index (χ0) is 16.7. The quantitative estimate of drug-likeness (QED) is 0.704. The molecule has 1 aromatic heterocycles. The lowest BCUT2D eigenvalue weighted by Gasteiger charge is -2.23. The molecule has 0 atom stereocenters. The molecule has 0 saturated carbocycles. The summed E-state index contributed by atoms with van der Waals surface area (Å²) in [6.07, 6.45) is 2.94. The van der Waals surface area contributed by atoms with E-state index in [4.69, 9.17) is 23.2 Å². The van der Waals surface area contributed by atoms with Crippen molar-refractivity contribution in [2.45, 2.75) is 19.5 Å². The lowest BCUT2D eigenvalue weighted by Crippen LogP contribution is -2.27. The summed E-state index contributed by atoms with van der Waals surface area (Å²) in [5.41, 5.74) is 2.17. The molecule has 0 N–H and O–H groups in total. The highest BCUT2D eigenvalue weighted by atomic mass is 35.5. The molecule has 0 fully saturated rings. The number of pyridine rings is 1. The van der Waals surface area contributed by atoms with Gasteiger partial charge >= 0.3 is 0 Å². The summed E-state index contributed by atoms with van der Waals surface area (Å²) in [5.74, 6) is 0. The van der Waals surface area contributed by atoms with E-state index >= 15 is 0 Å². The van der Waals surface area contributed by atoms with E-state index in [9.17, 15) is 0 Å². The maximum Gasteiger partial charge on any atom is 0.0544 e. The summed E-state index contributed by atoms with van der Waals surface area (Å²) < 4.78 is 0. The van der Waals surface area contributed by atoms with Crippen molar-refractivity contribution in [3.63, 3.8) is 0 Å². The van der Waals surface area contributed by atoms with Crippen molar-refractivity contribution in [3.8, 4) is 0 Å². The van der Waals surface area contributed by atoms with Crippen molar-refractivity contribution in [1.82, 2.24) is 14.8 Å².